The first-order chi connectivity index (χ1) is 18.2. The van der Waals surface area contributed by atoms with Crippen LogP contribution in [0.2, 0.25) is 0 Å². The Hall–Kier alpha value is -2.82. The lowest BCUT2D eigenvalue weighted by Crippen LogP contribution is -2.51. The number of amides is 2. The van der Waals surface area contributed by atoms with Crippen LogP contribution in [0.5, 0.6) is 5.75 Å². The van der Waals surface area contributed by atoms with Crippen molar-refractivity contribution in [1.29, 1.82) is 0 Å². The number of ether oxygens (including phenoxy) is 2. The average molecular weight is 526 g/mol. The molecule has 198 valence electrons. The van der Waals surface area contributed by atoms with Gasteiger partial charge in [-0.1, -0.05) is 31.0 Å². The maximum atomic E-state index is 14.1. The summed E-state index contributed by atoms with van der Waals surface area (Å²) >= 11 is 1.56. The molecule has 1 aromatic heterocycles. The average Bonchev–Trinajstić information content (AvgIpc) is 3.53. The molecule has 1 saturated carbocycles. The molecular formula is C27H35N5O4S. The summed E-state index contributed by atoms with van der Waals surface area (Å²) in [4.78, 5) is 38.8. The Morgan fingerprint density at radius 2 is 2.05 bits per heavy atom. The number of aromatic nitrogens is 1. The zero-order valence-electron chi connectivity index (χ0n) is 21.0. The number of hydrogen-bond donors (Lipinski definition) is 2. The Balaban J connectivity index is 1.51. The maximum Gasteiger partial charge on any atom is 0.231 e. The van der Waals surface area contributed by atoms with Gasteiger partial charge in [-0.3, -0.25) is 14.6 Å². The molecule has 1 unspecified atom stereocenters. The van der Waals surface area contributed by atoms with Crippen LogP contribution < -0.4 is 15.8 Å². The van der Waals surface area contributed by atoms with Crippen molar-refractivity contribution >= 4 is 28.9 Å². The van der Waals surface area contributed by atoms with Crippen molar-refractivity contribution in [2.45, 2.75) is 56.7 Å². The molecule has 4 atom stereocenters. The van der Waals surface area contributed by atoms with Gasteiger partial charge in [-0.25, -0.2) is 4.98 Å². The van der Waals surface area contributed by atoms with E-state index in [1.807, 2.05) is 34.5 Å². The smallest absolute Gasteiger partial charge is 0.231 e. The summed E-state index contributed by atoms with van der Waals surface area (Å²) in [5.41, 5.74) is 7.21. The van der Waals surface area contributed by atoms with E-state index in [4.69, 9.17) is 20.2 Å². The third-order valence-corrected chi connectivity index (χ3v) is 8.23. The third kappa shape index (κ3) is 5.71. The van der Waals surface area contributed by atoms with E-state index in [-0.39, 0.29) is 23.9 Å². The number of benzene rings is 1. The number of nitrogens with zero attached hydrogens (tertiary/aromatic N) is 3. The van der Waals surface area contributed by atoms with Gasteiger partial charge in [-0.05, 0) is 18.9 Å². The Labute approximate surface area is 221 Å². The lowest BCUT2D eigenvalue weighted by Gasteiger charge is -2.42. The van der Waals surface area contributed by atoms with Crippen molar-refractivity contribution in [2.24, 2.45) is 16.6 Å². The van der Waals surface area contributed by atoms with E-state index in [9.17, 15) is 9.59 Å². The van der Waals surface area contributed by atoms with Gasteiger partial charge >= 0.3 is 0 Å². The fraction of sp³-hybridized carbons (Fsp3) is 0.556. The molecule has 3 N–H and O–H groups in total. The van der Waals surface area contributed by atoms with Gasteiger partial charge in [0.25, 0.3) is 0 Å². The minimum Gasteiger partial charge on any atom is -0.491 e. The molecule has 9 nitrogen and oxygen atoms in total. The van der Waals surface area contributed by atoms with E-state index in [1.165, 1.54) is 0 Å². The summed E-state index contributed by atoms with van der Waals surface area (Å²) in [5, 5.41) is 5.87. The Bertz CT molecular complexity index is 1110. The summed E-state index contributed by atoms with van der Waals surface area (Å²) in [7, 11) is 0. The molecule has 3 aliphatic rings. The monoisotopic (exact) mass is 525 g/mol. The number of thiazole rings is 1. The fourth-order valence-electron chi connectivity index (χ4n) is 5.79. The van der Waals surface area contributed by atoms with E-state index in [0.717, 1.165) is 42.0 Å². The second kappa shape index (κ2) is 12.1. The van der Waals surface area contributed by atoms with E-state index < -0.39 is 12.0 Å². The predicted octanol–water partition coefficient (Wildman–Crippen LogP) is 2.51. The Morgan fingerprint density at radius 3 is 2.89 bits per heavy atom. The minimum absolute atomic E-state index is 0.00510. The zero-order valence-corrected chi connectivity index (χ0v) is 21.8. The molecule has 2 amide bonds. The van der Waals surface area contributed by atoms with Crippen LogP contribution in [0.1, 0.15) is 48.7 Å². The second-order valence-electron chi connectivity index (χ2n) is 9.69. The molecule has 3 heterocycles. The number of rotatable bonds is 10. The summed E-state index contributed by atoms with van der Waals surface area (Å²) in [6.45, 7) is 2.12. The quantitative estimate of drug-likeness (QED) is 0.460. The van der Waals surface area contributed by atoms with E-state index in [0.29, 0.717) is 51.5 Å². The lowest BCUT2D eigenvalue weighted by atomic mass is 9.85. The van der Waals surface area contributed by atoms with Gasteiger partial charge in [0.05, 0.1) is 42.9 Å². The van der Waals surface area contributed by atoms with Crippen LogP contribution in [0.15, 0.2) is 40.8 Å². The summed E-state index contributed by atoms with van der Waals surface area (Å²) in [6, 6.07) is 7.22. The number of carbonyl (C=O) groups is 2. The number of nitrogens with two attached hydrogens (primary N) is 1. The van der Waals surface area contributed by atoms with Crippen LogP contribution in [0.25, 0.3) is 0 Å². The van der Waals surface area contributed by atoms with Crippen LogP contribution >= 0.6 is 11.3 Å². The first-order valence-electron chi connectivity index (χ1n) is 13.2. The summed E-state index contributed by atoms with van der Waals surface area (Å²) < 4.78 is 11.7. The van der Waals surface area contributed by atoms with Crippen LogP contribution in [0, 0.1) is 5.92 Å². The Kier molecular flexibility index (Phi) is 8.48. The first kappa shape index (κ1) is 25.8. The highest BCUT2D eigenvalue weighted by atomic mass is 32.1. The SMILES string of the molecule is NCCOCCOc1ccccc1[C@@H]1C2C(=O)NCC2=N[C@@H]2CCCC[C@H]2N1C(=O)CCc1nccs1. The Morgan fingerprint density at radius 1 is 1.19 bits per heavy atom. The second-order valence-corrected chi connectivity index (χ2v) is 10.7. The topological polar surface area (TPSA) is 119 Å². The van der Waals surface area contributed by atoms with Gasteiger partial charge in [0.2, 0.25) is 11.8 Å². The largest absolute Gasteiger partial charge is 0.491 e. The summed E-state index contributed by atoms with van der Waals surface area (Å²) in [5.74, 6) is 0.0815. The van der Waals surface area contributed by atoms with Crippen molar-refractivity contribution in [3.05, 3.63) is 46.4 Å². The van der Waals surface area contributed by atoms with E-state index in [1.54, 1.807) is 17.5 Å². The number of para-hydroxylation sites is 1. The number of aryl methyl sites for hydroxylation is 1. The minimum atomic E-state index is -0.535. The van der Waals surface area contributed by atoms with Gasteiger partial charge in [0, 0.05) is 42.2 Å². The molecule has 0 spiro atoms. The standard InChI is InChI=1S/C27H35N5O4S/c28-11-13-35-14-15-36-22-8-4-1-5-18(22)26-25-20(17-30-27(25)34)31-19-6-2-3-7-21(19)32(26)24(33)10-9-23-29-12-16-37-23/h1,4-5,8,12,16,19,21,25-26H,2-3,6-7,9-11,13-15,17,28H2,(H,30,34)/t19-,21-,25?,26-/m1/s1. The molecule has 2 aromatic rings. The van der Waals surface area contributed by atoms with Crippen molar-refractivity contribution in [3.63, 3.8) is 0 Å². The van der Waals surface area contributed by atoms with Crippen LogP contribution in [0.3, 0.4) is 0 Å². The van der Waals surface area contributed by atoms with Gasteiger partial charge in [-0.2, -0.15) is 0 Å². The highest BCUT2D eigenvalue weighted by Crippen LogP contribution is 2.44. The maximum absolute atomic E-state index is 14.1. The number of fused-ring (bicyclic) bond motifs is 2. The molecule has 10 heteroatoms. The number of nitrogens with one attached hydrogen (secondary N) is 1. The van der Waals surface area contributed by atoms with Crippen molar-refractivity contribution in [2.75, 3.05) is 32.9 Å². The van der Waals surface area contributed by atoms with E-state index >= 15 is 0 Å². The molecule has 5 rings (SSSR count). The number of carbonyl (C=O) groups excluding carboxylic acids is 2. The molecular weight excluding hydrogens is 490 g/mol. The van der Waals surface area contributed by atoms with Crippen molar-refractivity contribution < 1.29 is 19.1 Å². The lowest BCUT2D eigenvalue weighted by molar-refractivity contribution is -0.139. The normalized spacial score (nSPS) is 25.1. The molecule has 2 fully saturated rings. The fourth-order valence-corrected chi connectivity index (χ4v) is 6.41. The summed E-state index contributed by atoms with van der Waals surface area (Å²) in [6.07, 6.45) is 6.62. The molecule has 1 aromatic carbocycles. The molecule has 0 radical (unpaired) electrons. The number of aliphatic imine (C=N–C) groups is 1. The van der Waals surface area contributed by atoms with Crippen LogP contribution in [0.4, 0.5) is 0 Å². The highest BCUT2D eigenvalue weighted by molar-refractivity contribution is 7.09. The van der Waals surface area contributed by atoms with Crippen molar-refractivity contribution in [3.8, 4) is 5.75 Å². The highest BCUT2D eigenvalue weighted by Gasteiger charge is 2.50. The number of hydrogen-bond acceptors (Lipinski definition) is 8. The van der Waals surface area contributed by atoms with Crippen molar-refractivity contribution in [1.82, 2.24) is 15.2 Å². The van der Waals surface area contributed by atoms with Crippen LogP contribution in [-0.2, 0) is 20.7 Å². The molecule has 0 bridgehead atoms. The van der Waals surface area contributed by atoms with Gasteiger partial charge in [0.1, 0.15) is 18.3 Å². The van der Waals surface area contributed by atoms with Gasteiger partial charge in [-0.15, -0.1) is 11.3 Å². The van der Waals surface area contributed by atoms with Gasteiger partial charge in [0.15, 0.2) is 0 Å². The van der Waals surface area contributed by atoms with Crippen LogP contribution in [-0.4, -0.2) is 72.4 Å². The predicted molar refractivity (Wildman–Crippen MR) is 142 cm³/mol. The molecule has 2 aliphatic heterocycles. The first-order valence-corrected chi connectivity index (χ1v) is 14.1. The van der Waals surface area contributed by atoms with E-state index in [2.05, 4.69) is 10.3 Å². The molecule has 1 saturated heterocycles. The third-order valence-electron chi connectivity index (χ3n) is 7.39. The zero-order chi connectivity index (χ0) is 25.6. The molecule has 1 aliphatic carbocycles. The van der Waals surface area contributed by atoms with Gasteiger partial charge < -0.3 is 25.4 Å². The molecule has 37 heavy (non-hydrogen) atoms.